The third-order valence-electron chi connectivity index (χ3n) is 1.81. The van der Waals surface area contributed by atoms with Crippen LogP contribution < -0.4 is 11.3 Å². The molecule has 0 atom stereocenters. The topological polar surface area (TPSA) is 84.7 Å². The molecule has 3 N–H and O–H groups in total. The summed E-state index contributed by atoms with van der Waals surface area (Å²) in [6.07, 6.45) is 3.23. The van der Waals surface area contributed by atoms with Crippen LogP contribution in [0.1, 0.15) is 0 Å². The first kappa shape index (κ1) is 8.43. The van der Waals surface area contributed by atoms with Gasteiger partial charge in [-0.25, -0.2) is 5.10 Å². The van der Waals surface area contributed by atoms with Crippen LogP contribution in [0.3, 0.4) is 0 Å². The van der Waals surface area contributed by atoms with Gasteiger partial charge in [-0.15, -0.1) is 0 Å². The molecule has 5 nitrogen and oxygen atoms in total. The number of nitrogens with two attached hydrogens (primary N) is 1. The number of aromatic nitrogens is 3. The van der Waals surface area contributed by atoms with Crippen molar-refractivity contribution in [3.05, 3.63) is 40.9 Å². The summed E-state index contributed by atoms with van der Waals surface area (Å²) < 4.78 is 0. The van der Waals surface area contributed by atoms with Crippen molar-refractivity contribution in [1.29, 1.82) is 0 Å². The van der Waals surface area contributed by atoms with E-state index in [-0.39, 0.29) is 11.4 Å². The van der Waals surface area contributed by atoms with E-state index in [2.05, 4.69) is 15.2 Å². The second kappa shape index (κ2) is 3.29. The molecule has 0 saturated heterocycles. The molecule has 14 heavy (non-hydrogen) atoms. The van der Waals surface area contributed by atoms with Gasteiger partial charge in [-0.1, -0.05) is 0 Å². The second-order valence-corrected chi connectivity index (χ2v) is 2.77. The molecule has 5 heteroatoms. The fourth-order valence-electron chi connectivity index (χ4n) is 1.17. The van der Waals surface area contributed by atoms with E-state index in [1.807, 2.05) is 0 Å². The van der Waals surface area contributed by atoms with Crippen LogP contribution in [0.25, 0.3) is 11.1 Å². The first-order chi connectivity index (χ1) is 6.77. The molecular weight excluding hydrogens is 180 g/mol. The van der Waals surface area contributed by atoms with E-state index in [1.165, 1.54) is 6.07 Å². The Morgan fingerprint density at radius 3 is 2.71 bits per heavy atom. The maximum atomic E-state index is 11.4. The molecule has 0 spiro atoms. The Hall–Kier alpha value is -2.17. The first-order valence-corrected chi connectivity index (χ1v) is 4.03. The summed E-state index contributed by atoms with van der Waals surface area (Å²) in [6, 6.07) is 5.02. The van der Waals surface area contributed by atoms with Crippen molar-refractivity contribution in [1.82, 2.24) is 15.2 Å². The molecule has 0 saturated carbocycles. The van der Waals surface area contributed by atoms with Crippen LogP contribution in [0.5, 0.6) is 0 Å². The van der Waals surface area contributed by atoms with Crippen molar-refractivity contribution >= 4 is 5.82 Å². The summed E-state index contributed by atoms with van der Waals surface area (Å²) in [4.78, 5) is 15.2. The zero-order valence-electron chi connectivity index (χ0n) is 7.27. The van der Waals surface area contributed by atoms with E-state index in [0.29, 0.717) is 5.56 Å². The third-order valence-corrected chi connectivity index (χ3v) is 1.81. The molecule has 0 unspecified atom stereocenters. The quantitative estimate of drug-likeness (QED) is 0.679. The van der Waals surface area contributed by atoms with Gasteiger partial charge in [0.15, 0.2) is 0 Å². The molecule has 0 bridgehead atoms. The molecule has 0 radical (unpaired) electrons. The van der Waals surface area contributed by atoms with E-state index >= 15 is 0 Å². The second-order valence-electron chi connectivity index (χ2n) is 2.77. The van der Waals surface area contributed by atoms with Gasteiger partial charge in [-0.3, -0.25) is 9.78 Å². The lowest BCUT2D eigenvalue weighted by molar-refractivity contribution is 1.00. The average Bonchev–Trinajstić information content (AvgIpc) is 2.23. The van der Waals surface area contributed by atoms with Gasteiger partial charge in [0.1, 0.15) is 5.82 Å². The maximum Gasteiger partial charge on any atom is 0.272 e. The number of pyridine rings is 1. The van der Waals surface area contributed by atoms with Gasteiger partial charge in [0.25, 0.3) is 5.56 Å². The highest BCUT2D eigenvalue weighted by Crippen LogP contribution is 2.13. The Labute approximate surface area is 79.6 Å². The van der Waals surface area contributed by atoms with Gasteiger partial charge in [-0.2, -0.15) is 5.10 Å². The Morgan fingerprint density at radius 1 is 1.29 bits per heavy atom. The van der Waals surface area contributed by atoms with Crippen molar-refractivity contribution in [3.8, 4) is 11.1 Å². The molecule has 2 aromatic rings. The van der Waals surface area contributed by atoms with Gasteiger partial charge >= 0.3 is 0 Å². The van der Waals surface area contributed by atoms with E-state index in [9.17, 15) is 4.79 Å². The van der Waals surface area contributed by atoms with Crippen LogP contribution in [0, 0.1) is 0 Å². The molecule has 2 heterocycles. The highest BCUT2D eigenvalue weighted by atomic mass is 16.1. The lowest BCUT2D eigenvalue weighted by atomic mass is 10.1. The number of hydrogen-bond acceptors (Lipinski definition) is 4. The molecule has 0 aliphatic heterocycles. The van der Waals surface area contributed by atoms with Crippen molar-refractivity contribution in [2.24, 2.45) is 0 Å². The Balaban J connectivity index is 2.63. The third kappa shape index (κ3) is 1.47. The Kier molecular flexibility index (Phi) is 1.98. The highest BCUT2D eigenvalue weighted by molar-refractivity contribution is 5.63. The minimum Gasteiger partial charge on any atom is -0.382 e. The fraction of sp³-hybridized carbons (Fsp3) is 0. The summed E-state index contributed by atoms with van der Waals surface area (Å²) in [5, 5.41) is 5.91. The summed E-state index contributed by atoms with van der Waals surface area (Å²) >= 11 is 0. The summed E-state index contributed by atoms with van der Waals surface area (Å²) in [5.41, 5.74) is 6.48. The highest BCUT2D eigenvalue weighted by Gasteiger charge is 2.03. The number of nitrogens with zero attached hydrogens (tertiary/aromatic N) is 2. The monoisotopic (exact) mass is 188 g/mol. The molecule has 0 amide bonds. The summed E-state index contributed by atoms with van der Waals surface area (Å²) in [7, 11) is 0. The van der Waals surface area contributed by atoms with Crippen LogP contribution in [0.2, 0.25) is 0 Å². The first-order valence-electron chi connectivity index (χ1n) is 4.03. The van der Waals surface area contributed by atoms with Crippen molar-refractivity contribution in [2.45, 2.75) is 0 Å². The number of anilines is 1. The van der Waals surface area contributed by atoms with E-state index < -0.39 is 0 Å². The van der Waals surface area contributed by atoms with Gasteiger partial charge in [0, 0.05) is 12.4 Å². The average molecular weight is 188 g/mol. The minimum absolute atomic E-state index is 0.259. The molecule has 2 aromatic heterocycles. The zero-order chi connectivity index (χ0) is 9.97. The Morgan fingerprint density at radius 2 is 2.00 bits per heavy atom. The van der Waals surface area contributed by atoms with Crippen molar-refractivity contribution in [2.75, 3.05) is 5.73 Å². The number of nitrogen functional groups attached to an aromatic ring is 1. The number of aromatic amines is 1. The molecule has 0 aliphatic rings. The SMILES string of the molecule is Nc1cc(-c2ccncc2)c(=O)[nH]n1. The van der Waals surface area contributed by atoms with E-state index in [4.69, 9.17) is 5.73 Å². The van der Waals surface area contributed by atoms with Gasteiger partial charge in [0.05, 0.1) is 5.56 Å². The predicted molar refractivity (Wildman–Crippen MR) is 52.5 cm³/mol. The van der Waals surface area contributed by atoms with Gasteiger partial charge in [0.2, 0.25) is 0 Å². The normalized spacial score (nSPS) is 10.0. The minimum atomic E-state index is -0.259. The lowest BCUT2D eigenvalue weighted by Gasteiger charge is -1.99. The van der Waals surface area contributed by atoms with E-state index in [0.717, 1.165) is 5.56 Å². The molecule has 2 rings (SSSR count). The van der Waals surface area contributed by atoms with Crippen LogP contribution >= 0.6 is 0 Å². The van der Waals surface area contributed by atoms with Crippen LogP contribution in [0.4, 0.5) is 5.82 Å². The maximum absolute atomic E-state index is 11.4. The Bertz CT molecular complexity index is 492. The van der Waals surface area contributed by atoms with Crippen LogP contribution in [-0.4, -0.2) is 15.2 Å². The van der Waals surface area contributed by atoms with Gasteiger partial charge in [-0.05, 0) is 23.8 Å². The molecular formula is C9H8N4O. The number of nitrogens with one attached hydrogen (secondary N) is 1. The standard InChI is InChI=1S/C9H8N4O/c10-8-5-7(9(14)13-12-8)6-1-3-11-4-2-6/h1-5H,(H2,10,12)(H,13,14). The number of H-pyrrole nitrogens is 1. The summed E-state index contributed by atoms with van der Waals surface area (Å²) in [5.74, 6) is 0.288. The van der Waals surface area contributed by atoms with Crippen LogP contribution in [-0.2, 0) is 0 Å². The van der Waals surface area contributed by atoms with Gasteiger partial charge < -0.3 is 5.73 Å². The lowest BCUT2D eigenvalue weighted by Crippen LogP contribution is -2.12. The zero-order valence-corrected chi connectivity index (χ0v) is 7.27. The number of hydrogen-bond donors (Lipinski definition) is 2. The summed E-state index contributed by atoms with van der Waals surface area (Å²) in [6.45, 7) is 0. The molecule has 0 aromatic carbocycles. The predicted octanol–water partition coefficient (Wildman–Crippen LogP) is 0.414. The van der Waals surface area contributed by atoms with E-state index in [1.54, 1.807) is 24.5 Å². The molecule has 0 aliphatic carbocycles. The number of rotatable bonds is 1. The smallest absolute Gasteiger partial charge is 0.272 e. The van der Waals surface area contributed by atoms with Crippen molar-refractivity contribution in [3.63, 3.8) is 0 Å². The van der Waals surface area contributed by atoms with Crippen LogP contribution in [0.15, 0.2) is 35.4 Å². The largest absolute Gasteiger partial charge is 0.382 e. The molecule has 70 valence electrons. The molecule has 0 fully saturated rings. The van der Waals surface area contributed by atoms with Crippen molar-refractivity contribution < 1.29 is 0 Å². The fourth-order valence-corrected chi connectivity index (χ4v) is 1.17.